The van der Waals surface area contributed by atoms with Crippen LogP contribution >= 0.6 is 0 Å². The Balaban J connectivity index is 1.72. The quantitative estimate of drug-likeness (QED) is 0.497. The second-order valence-electron chi connectivity index (χ2n) is 8.16. The summed E-state index contributed by atoms with van der Waals surface area (Å²) in [4.78, 5) is 29.5. The average molecular weight is 440 g/mol. The number of ether oxygens (including phenoxy) is 3. The van der Waals surface area contributed by atoms with Gasteiger partial charge in [-0.15, -0.1) is 0 Å². The van der Waals surface area contributed by atoms with Gasteiger partial charge in [0.15, 0.2) is 28.9 Å². The number of nitrogens with zero attached hydrogens (tertiary/aromatic N) is 1. The topological polar surface area (TPSA) is 102 Å². The van der Waals surface area contributed by atoms with Crippen LogP contribution in [0.3, 0.4) is 0 Å². The zero-order chi connectivity index (χ0) is 22.7. The lowest BCUT2D eigenvalue weighted by Gasteiger charge is -2.30. The van der Waals surface area contributed by atoms with Crippen molar-refractivity contribution in [2.75, 3.05) is 13.7 Å². The lowest BCUT2D eigenvalue weighted by Crippen LogP contribution is -3.06. The molecule has 8 heteroatoms. The van der Waals surface area contributed by atoms with Crippen molar-refractivity contribution >= 4 is 17.4 Å². The summed E-state index contributed by atoms with van der Waals surface area (Å²) in [5, 5.41) is 12.8. The summed E-state index contributed by atoms with van der Waals surface area (Å²) in [6, 6.07) is 7.57. The van der Waals surface area contributed by atoms with Gasteiger partial charge in [-0.05, 0) is 56.4 Å². The molecule has 0 amide bonds. The fourth-order valence-corrected chi connectivity index (χ4v) is 4.60. The fourth-order valence-electron chi connectivity index (χ4n) is 4.60. The standard InChI is InChI=1S/C24H28N2O6/c1-3-31-19-11-10-15(13-20(19)32-16-7-4-5-8-16)17(14-21(27)30-2)23-24(28)22-18(26(23)29)9-6-12-25-22/h6,9-13,16-17,23,26H,3-5,7-8,14H2,1-2H3. The number of ketones is 1. The van der Waals surface area contributed by atoms with E-state index >= 15 is 0 Å². The van der Waals surface area contributed by atoms with Gasteiger partial charge in [-0.2, -0.15) is 0 Å². The first-order chi connectivity index (χ1) is 15.5. The van der Waals surface area contributed by atoms with Crippen LogP contribution < -0.4 is 14.5 Å². The van der Waals surface area contributed by atoms with E-state index in [2.05, 4.69) is 4.98 Å². The number of benzene rings is 1. The zero-order valence-corrected chi connectivity index (χ0v) is 18.3. The van der Waals surface area contributed by atoms with E-state index in [-0.39, 0.29) is 29.1 Å². The molecule has 0 bridgehead atoms. The van der Waals surface area contributed by atoms with Gasteiger partial charge in [0.1, 0.15) is 0 Å². The number of pyridine rings is 1. The molecule has 1 aromatic carbocycles. The van der Waals surface area contributed by atoms with Crippen molar-refractivity contribution in [2.45, 2.75) is 57.1 Å². The Kier molecular flexibility index (Phi) is 6.72. The molecule has 3 unspecified atom stereocenters. The number of fused-ring (bicyclic) bond motifs is 1. The Morgan fingerprint density at radius 1 is 1.25 bits per heavy atom. The third-order valence-corrected chi connectivity index (χ3v) is 6.18. The molecule has 2 aromatic rings. The second-order valence-corrected chi connectivity index (χ2v) is 8.16. The number of nitrogens with one attached hydrogen (secondary N) is 1. The largest absolute Gasteiger partial charge is 0.628 e. The van der Waals surface area contributed by atoms with E-state index in [1.54, 1.807) is 30.3 Å². The minimum Gasteiger partial charge on any atom is -0.628 e. The van der Waals surface area contributed by atoms with E-state index in [0.717, 1.165) is 25.7 Å². The van der Waals surface area contributed by atoms with Gasteiger partial charge in [0, 0.05) is 12.3 Å². The van der Waals surface area contributed by atoms with Gasteiger partial charge in [-0.25, -0.2) is 4.98 Å². The Morgan fingerprint density at radius 3 is 2.72 bits per heavy atom. The number of esters is 1. The molecule has 32 heavy (non-hydrogen) atoms. The lowest BCUT2D eigenvalue weighted by molar-refractivity contribution is -0.792. The molecule has 2 heterocycles. The second kappa shape index (κ2) is 9.67. The van der Waals surface area contributed by atoms with E-state index in [1.807, 2.05) is 6.92 Å². The number of carbonyl (C=O) groups excluding carboxylic acids is 2. The van der Waals surface area contributed by atoms with Gasteiger partial charge in [0.2, 0.25) is 5.78 Å². The molecule has 1 fully saturated rings. The highest BCUT2D eigenvalue weighted by atomic mass is 16.5. The van der Waals surface area contributed by atoms with Crippen molar-refractivity contribution in [1.29, 1.82) is 0 Å². The van der Waals surface area contributed by atoms with Crippen LogP contribution in [0.2, 0.25) is 0 Å². The van der Waals surface area contributed by atoms with Gasteiger partial charge in [-0.1, -0.05) is 6.07 Å². The van der Waals surface area contributed by atoms with E-state index < -0.39 is 17.9 Å². The number of quaternary nitrogens is 1. The van der Waals surface area contributed by atoms with Gasteiger partial charge >= 0.3 is 5.97 Å². The highest BCUT2D eigenvalue weighted by Gasteiger charge is 2.46. The summed E-state index contributed by atoms with van der Waals surface area (Å²) >= 11 is 0. The first kappa shape index (κ1) is 22.2. The maximum Gasteiger partial charge on any atom is 0.306 e. The Labute approximate surface area is 187 Å². The number of Topliss-reactive ketones (excluding diaryl/α,β-unsaturated/α-hetero) is 1. The molecule has 4 rings (SSSR count). The smallest absolute Gasteiger partial charge is 0.306 e. The number of hydroxylamine groups is 1. The normalized spacial score (nSPS) is 21.3. The third kappa shape index (κ3) is 4.33. The molecule has 1 N–H and O–H groups in total. The van der Waals surface area contributed by atoms with E-state index in [4.69, 9.17) is 14.2 Å². The summed E-state index contributed by atoms with van der Waals surface area (Å²) in [6.45, 7) is 2.37. The van der Waals surface area contributed by atoms with Crippen LogP contribution in [0.25, 0.3) is 0 Å². The summed E-state index contributed by atoms with van der Waals surface area (Å²) in [5.74, 6) is -0.384. The Morgan fingerprint density at radius 2 is 2.03 bits per heavy atom. The van der Waals surface area contributed by atoms with Crippen molar-refractivity contribution in [1.82, 2.24) is 4.98 Å². The van der Waals surface area contributed by atoms with Crippen LogP contribution in [0.1, 0.15) is 61.0 Å². The van der Waals surface area contributed by atoms with Gasteiger partial charge in [0.05, 0.1) is 32.2 Å². The van der Waals surface area contributed by atoms with E-state index in [9.17, 15) is 14.8 Å². The molecule has 1 aliphatic heterocycles. The molecule has 1 saturated carbocycles. The number of aromatic nitrogens is 1. The highest BCUT2D eigenvalue weighted by molar-refractivity contribution is 6.04. The monoisotopic (exact) mass is 440 g/mol. The molecule has 2 aliphatic rings. The third-order valence-electron chi connectivity index (χ3n) is 6.18. The van der Waals surface area contributed by atoms with Crippen molar-refractivity contribution in [3.63, 3.8) is 0 Å². The first-order valence-electron chi connectivity index (χ1n) is 11.1. The van der Waals surface area contributed by atoms with Gasteiger partial charge in [0.25, 0.3) is 0 Å². The first-order valence-corrected chi connectivity index (χ1v) is 11.1. The highest BCUT2D eigenvalue weighted by Crippen LogP contribution is 2.37. The van der Waals surface area contributed by atoms with Crippen molar-refractivity contribution in [3.8, 4) is 11.5 Å². The molecule has 1 aromatic heterocycles. The number of methoxy groups -OCH3 is 1. The van der Waals surface area contributed by atoms with Crippen LogP contribution in [0.15, 0.2) is 36.5 Å². The average Bonchev–Trinajstić information content (AvgIpc) is 3.40. The number of hydrogen-bond donors (Lipinski definition) is 1. The molecular formula is C24H28N2O6. The molecular weight excluding hydrogens is 412 g/mol. The number of hydrogen-bond acceptors (Lipinski definition) is 7. The fraction of sp³-hybridized carbons (Fsp3) is 0.458. The predicted octanol–water partition coefficient (Wildman–Crippen LogP) is 2.73. The Hall–Kier alpha value is -2.97. The number of carbonyl (C=O) groups is 2. The zero-order valence-electron chi connectivity index (χ0n) is 18.3. The molecule has 1 aliphatic carbocycles. The van der Waals surface area contributed by atoms with Crippen LogP contribution in [0, 0.1) is 5.21 Å². The SMILES string of the molecule is CCOc1ccc(C(CC(=O)OC)C2C(=O)c3ncccc3[NH+]2[O-])cc1OC1CCCC1. The van der Waals surface area contributed by atoms with Crippen molar-refractivity contribution in [3.05, 3.63) is 53.0 Å². The van der Waals surface area contributed by atoms with Crippen molar-refractivity contribution in [2.24, 2.45) is 0 Å². The minimum atomic E-state index is -1.03. The predicted molar refractivity (Wildman–Crippen MR) is 116 cm³/mol. The summed E-state index contributed by atoms with van der Waals surface area (Å²) in [7, 11) is 1.29. The van der Waals surface area contributed by atoms with Crippen LogP contribution in [-0.4, -0.2) is 42.6 Å². The maximum absolute atomic E-state index is 13.2. The molecule has 0 radical (unpaired) electrons. The van der Waals surface area contributed by atoms with Gasteiger partial charge < -0.3 is 24.5 Å². The van der Waals surface area contributed by atoms with Crippen LogP contribution in [0.5, 0.6) is 11.5 Å². The molecule has 170 valence electrons. The van der Waals surface area contributed by atoms with Crippen LogP contribution in [-0.2, 0) is 9.53 Å². The molecule has 0 saturated heterocycles. The lowest BCUT2D eigenvalue weighted by atomic mass is 9.86. The van der Waals surface area contributed by atoms with Gasteiger partial charge in [-0.3, -0.25) is 9.59 Å². The molecule has 0 spiro atoms. The summed E-state index contributed by atoms with van der Waals surface area (Å²) in [5.41, 5.74) is 1.11. The summed E-state index contributed by atoms with van der Waals surface area (Å²) < 4.78 is 16.9. The Bertz CT molecular complexity index is 988. The minimum absolute atomic E-state index is 0.103. The van der Waals surface area contributed by atoms with E-state index in [0.29, 0.717) is 29.4 Å². The van der Waals surface area contributed by atoms with Crippen molar-refractivity contribution < 1.29 is 28.9 Å². The van der Waals surface area contributed by atoms with Crippen LogP contribution in [0.4, 0.5) is 5.69 Å². The summed E-state index contributed by atoms with van der Waals surface area (Å²) in [6.07, 6.45) is 5.68. The maximum atomic E-state index is 13.2. The van der Waals surface area contributed by atoms with E-state index in [1.165, 1.54) is 13.3 Å². The molecule has 8 nitrogen and oxygen atoms in total. The molecule has 3 atom stereocenters. The number of rotatable bonds is 8.